The first kappa shape index (κ1) is 25.0. The zero-order valence-corrected chi connectivity index (χ0v) is 21.1. The number of pyridine rings is 2. The summed E-state index contributed by atoms with van der Waals surface area (Å²) in [4.78, 5) is 48.9. The second-order valence-electron chi connectivity index (χ2n) is 8.65. The molecule has 9 heteroatoms. The quantitative estimate of drug-likeness (QED) is 0.246. The highest BCUT2D eigenvalue weighted by Crippen LogP contribution is 2.19. The van der Waals surface area contributed by atoms with Gasteiger partial charge >= 0.3 is 5.97 Å². The summed E-state index contributed by atoms with van der Waals surface area (Å²) in [5.41, 5.74) is 1.27. The van der Waals surface area contributed by atoms with E-state index in [2.05, 4.69) is 9.98 Å². The van der Waals surface area contributed by atoms with Crippen LogP contribution in [0.25, 0.3) is 27.5 Å². The summed E-state index contributed by atoms with van der Waals surface area (Å²) in [6.45, 7) is 2.25. The fourth-order valence-electron chi connectivity index (χ4n) is 4.52. The Bertz CT molecular complexity index is 1810. The topological polar surface area (TPSA) is 104 Å². The van der Waals surface area contributed by atoms with Crippen molar-refractivity contribution in [2.45, 2.75) is 19.9 Å². The van der Waals surface area contributed by atoms with Crippen molar-refractivity contribution in [2.75, 3.05) is 20.3 Å². The van der Waals surface area contributed by atoms with E-state index in [1.54, 1.807) is 35.9 Å². The van der Waals surface area contributed by atoms with Crippen LogP contribution in [0.5, 0.6) is 0 Å². The predicted octanol–water partition coefficient (Wildman–Crippen LogP) is 3.30. The molecular weight excluding hydrogens is 484 g/mol. The number of aromatic nitrogens is 3. The maximum atomic E-state index is 13.4. The van der Waals surface area contributed by atoms with Gasteiger partial charge in [0.05, 0.1) is 25.0 Å². The van der Waals surface area contributed by atoms with Crippen LogP contribution in [0, 0.1) is 0 Å². The second kappa shape index (κ2) is 10.8. The maximum absolute atomic E-state index is 13.4. The zero-order chi connectivity index (χ0) is 26.6. The minimum Gasteiger partial charge on any atom is -0.462 e. The lowest BCUT2D eigenvalue weighted by Gasteiger charge is -2.15. The third-order valence-corrected chi connectivity index (χ3v) is 6.26. The molecule has 9 nitrogen and oxygen atoms in total. The standard InChI is InChI=1S/C29H26N4O5/c1-3-38-29(36)23-18-22-26(30-24-13-6-7-14-32(24)28(22)35)33(15-16-37-2)27(23)31-25(34)17-20-11-8-10-19-9-4-5-12-21(19)20/h4-14,18H,3,15-17H2,1-2H3. The van der Waals surface area contributed by atoms with Crippen molar-refractivity contribution < 1.29 is 19.1 Å². The fraction of sp³-hybridized carbons (Fsp3) is 0.207. The number of carbonyl (C=O) groups excluding carboxylic acids is 2. The second-order valence-corrected chi connectivity index (χ2v) is 8.65. The molecule has 3 heterocycles. The highest BCUT2D eigenvalue weighted by atomic mass is 16.5. The lowest BCUT2D eigenvalue weighted by molar-refractivity contribution is -0.117. The van der Waals surface area contributed by atoms with E-state index in [4.69, 9.17) is 9.47 Å². The van der Waals surface area contributed by atoms with E-state index in [9.17, 15) is 14.4 Å². The van der Waals surface area contributed by atoms with Crippen LogP contribution in [0.15, 0.2) is 82.7 Å². The summed E-state index contributed by atoms with van der Waals surface area (Å²) in [5, 5.41) is 2.17. The van der Waals surface area contributed by atoms with Gasteiger partial charge in [0.2, 0.25) is 0 Å². The van der Waals surface area contributed by atoms with Gasteiger partial charge in [0.15, 0.2) is 5.49 Å². The van der Waals surface area contributed by atoms with E-state index in [1.165, 1.54) is 17.6 Å². The molecule has 192 valence electrons. The van der Waals surface area contributed by atoms with Crippen LogP contribution in [-0.2, 0) is 27.2 Å². The molecule has 0 bridgehead atoms. The van der Waals surface area contributed by atoms with E-state index in [0.29, 0.717) is 11.3 Å². The molecule has 0 atom stereocenters. The molecule has 0 unspecified atom stereocenters. The molecular formula is C29H26N4O5. The number of amides is 1. The van der Waals surface area contributed by atoms with Crippen molar-refractivity contribution >= 4 is 39.3 Å². The number of benzene rings is 2. The number of nitrogens with zero attached hydrogens (tertiary/aromatic N) is 4. The van der Waals surface area contributed by atoms with Gasteiger partial charge in [0.25, 0.3) is 11.5 Å². The Labute approximate surface area is 217 Å². The molecule has 0 fully saturated rings. The number of esters is 1. The van der Waals surface area contributed by atoms with Crippen molar-refractivity contribution in [1.82, 2.24) is 14.0 Å². The molecule has 2 aromatic carbocycles. The van der Waals surface area contributed by atoms with Crippen LogP contribution >= 0.6 is 0 Å². The zero-order valence-electron chi connectivity index (χ0n) is 21.1. The van der Waals surface area contributed by atoms with E-state index in [-0.39, 0.29) is 48.2 Å². The van der Waals surface area contributed by atoms with Crippen LogP contribution in [0.1, 0.15) is 22.8 Å². The number of methoxy groups -OCH3 is 1. The highest BCUT2D eigenvalue weighted by molar-refractivity contribution is 5.94. The van der Waals surface area contributed by atoms with Crippen molar-refractivity contribution in [1.29, 1.82) is 0 Å². The number of fused-ring (bicyclic) bond motifs is 3. The molecule has 38 heavy (non-hydrogen) atoms. The average Bonchev–Trinajstić information content (AvgIpc) is 2.93. The molecule has 0 N–H and O–H groups in total. The Morgan fingerprint density at radius 1 is 1.00 bits per heavy atom. The summed E-state index contributed by atoms with van der Waals surface area (Å²) in [5.74, 6) is -1.13. The maximum Gasteiger partial charge on any atom is 0.341 e. The summed E-state index contributed by atoms with van der Waals surface area (Å²) in [7, 11) is 1.54. The Morgan fingerprint density at radius 3 is 2.61 bits per heavy atom. The number of carbonyl (C=O) groups is 2. The summed E-state index contributed by atoms with van der Waals surface area (Å²) in [6, 6.07) is 20.2. The third kappa shape index (κ3) is 4.71. The Balaban J connectivity index is 1.76. The number of hydrogen-bond donors (Lipinski definition) is 0. The molecule has 0 saturated heterocycles. The normalized spacial score (nSPS) is 11.9. The predicted molar refractivity (Wildman–Crippen MR) is 143 cm³/mol. The van der Waals surface area contributed by atoms with Gasteiger partial charge in [-0.05, 0) is 41.5 Å². The molecule has 0 aliphatic rings. The summed E-state index contributed by atoms with van der Waals surface area (Å²) >= 11 is 0. The molecule has 0 aliphatic carbocycles. The van der Waals surface area contributed by atoms with Gasteiger partial charge in [0.1, 0.15) is 16.9 Å². The van der Waals surface area contributed by atoms with Gasteiger partial charge < -0.3 is 14.0 Å². The van der Waals surface area contributed by atoms with Crippen LogP contribution in [0.3, 0.4) is 0 Å². The van der Waals surface area contributed by atoms with Gasteiger partial charge in [-0.2, -0.15) is 4.99 Å². The molecule has 0 spiro atoms. The van der Waals surface area contributed by atoms with Crippen molar-refractivity contribution in [3.05, 3.63) is 99.9 Å². The minimum absolute atomic E-state index is 0.0107. The largest absolute Gasteiger partial charge is 0.462 e. The van der Waals surface area contributed by atoms with Crippen LogP contribution in [0.2, 0.25) is 0 Å². The monoisotopic (exact) mass is 510 g/mol. The first-order valence-corrected chi connectivity index (χ1v) is 12.3. The van der Waals surface area contributed by atoms with Gasteiger partial charge in [0, 0.05) is 19.9 Å². The fourth-order valence-corrected chi connectivity index (χ4v) is 4.52. The van der Waals surface area contributed by atoms with Gasteiger partial charge in [-0.25, -0.2) is 9.78 Å². The minimum atomic E-state index is -0.685. The Morgan fingerprint density at radius 2 is 1.79 bits per heavy atom. The van der Waals surface area contributed by atoms with Crippen molar-refractivity contribution in [3.63, 3.8) is 0 Å². The van der Waals surface area contributed by atoms with Gasteiger partial charge in [-0.15, -0.1) is 0 Å². The van der Waals surface area contributed by atoms with Crippen LogP contribution in [0.4, 0.5) is 0 Å². The molecule has 0 aliphatic heterocycles. The van der Waals surface area contributed by atoms with E-state index in [1.807, 2.05) is 42.5 Å². The lowest BCUT2D eigenvalue weighted by Crippen LogP contribution is -2.33. The Hall–Kier alpha value is -4.63. The summed E-state index contributed by atoms with van der Waals surface area (Å²) < 4.78 is 13.6. The number of hydrogen-bond acceptors (Lipinski definition) is 6. The van der Waals surface area contributed by atoms with E-state index < -0.39 is 11.9 Å². The smallest absolute Gasteiger partial charge is 0.341 e. The summed E-state index contributed by atoms with van der Waals surface area (Å²) in [6.07, 6.45) is 1.64. The lowest BCUT2D eigenvalue weighted by atomic mass is 10.0. The SMILES string of the molecule is CCOC(=O)c1cc2c(=O)n3ccccc3nc2n(CCOC)c1=NC(=O)Cc1cccc2ccccc12. The van der Waals surface area contributed by atoms with Crippen molar-refractivity contribution in [3.8, 4) is 0 Å². The third-order valence-electron chi connectivity index (χ3n) is 6.26. The molecule has 1 amide bonds. The first-order valence-electron chi connectivity index (χ1n) is 12.3. The molecule has 3 aromatic heterocycles. The van der Waals surface area contributed by atoms with Crippen LogP contribution in [-0.4, -0.2) is 46.2 Å². The van der Waals surface area contributed by atoms with Gasteiger partial charge in [-0.3, -0.25) is 14.0 Å². The number of rotatable bonds is 7. The van der Waals surface area contributed by atoms with Crippen LogP contribution < -0.4 is 11.0 Å². The molecule has 5 aromatic rings. The molecule has 5 rings (SSSR count). The number of ether oxygens (including phenoxy) is 2. The highest BCUT2D eigenvalue weighted by Gasteiger charge is 2.20. The van der Waals surface area contributed by atoms with Crippen molar-refractivity contribution in [2.24, 2.45) is 4.99 Å². The average molecular weight is 511 g/mol. The van der Waals surface area contributed by atoms with Gasteiger partial charge in [-0.1, -0.05) is 48.5 Å². The molecule has 0 saturated carbocycles. The Kier molecular flexibility index (Phi) is 7.10. The van der Waals surface area contributed by atoms with E-state index in [0.717, 1.165) is 16.3 Å². The first-order chi connectivity index (χ1) is 18.5. The molecule has 0 radical (unpaired) electrons. The van der Waals surface area contributed by atoms with E-state index >= 15 is 0 Å².